The molecular formula is C28H27Cl2N3O. The quantitative estimate of drug-likeness (QED) is 0.293. The second kappa shape index (κ2) is 10.2. The minimum atomic E-state index is -0.103. The summed E-state index contributed by atoms with van der Waals surface area (Å²) in [5.74, 6) is 0.913. The smallest absolute Gasteiger partial charge is 0.123 e. The minimum Gasteiger partial charge on any atom is -0.496 e. The standard InChI is InChI=1S/C28H27Cl2N3O/c1-34-27-16-20(4-5-21(27)18-33-14-2-3-15-33)28(19-6-8-22(29)9-7-19)32-25-12-13-31-26-17-23(30)10-11-24(25)26/h4-13,16-17,28H,2-3,14-15,18H2,1H3,(H,31,32). The maximum absolute atomic E-state index is 6.20. The maximum Gasteiger partial charge on any atom is 0.123 e. The van der Waals surface area contributed by atoms with E-state index in [2.05, 4.69) is 45.5 Å². The highest BCUT2D eigenvalue weighted by Crippen LogP contribution is 2.34. The Labute approximate surface area is 210 Å². The molecule has 1 N–H and O–H groups in total. The lowest BCUT2D eigenvalue weighted by Gasteiger charge is -2.24. The summed E-state index contributed by atoms with van der Waals surface area (Å²) in [5, 5.41) is 6.15. The Bertz CT molecular complexity index is 1290. The lowest BCUT2D eigenvalue weighted by Crippen LogP contribution is -2.19. The van der Waals surface area contributed by atoms with E-state index in [1.54, 1.807) is 13.3 Å². The molecule has 0 amide bonds. The number of nitrogens with zero attached hydrogens (tertiary/aromatic N) is 2. The van der Waals surface area contributed by atoms with E-state index >= 15 is 0 Å². The number of aromatic nitrogens is 1. The summed E-state index contributed by atoms with van der Waals surface area (Å²) >= 11 is 12.4. The van der Waals surface area contributed by atoms with Gasteiger partial charge in [0, 0.05) is 39.4 Å². The van der Waals surface area contributed by atoms with Gasteiger partial charge in [0.05, 0.1) is 18.7 Å². The molecule has 2 heterocycles. The molecule has 0 radical (unpaired) electrons. The van der Waals surface area contributed by atoms with Crippen molar-refractivity contribution in [2.45, 2.75) is 25.4 Å². The topological polar surface area (TPSA) is 37.4 Å². The van der Waals surface area contributed by atoms with Gasteiger partial charge in [-0.2, -0.15) is 0 Å². The molecular weight excluding hydrogens is 465 g/mol. The van der Waals surface area contributed by atoms with Gasteiger partial charge >= 0.3 is 0 Å². The van der Waals surface area contributed by atoms with Gasteiger partial charge in [-0.15, -0.1) is 0 Å². The van der Waals surface area contributed by atoms with Crippen molar-refractivity contribution in [2.75, 3.05) is 25.5 Å². The normalized spacial score (nSPS) is 14.9. The molecule has 1 aromatic heterocycles. The van der Waals surface area contributed by atoms with Crippen LogP contribution in [-0.2, 0) is 6.54 Å². The molecule has 4 nitrogen and oxygen atoms in total. The molecule has 4 aromatic rings. The van der Waals surface area contributed by atoms with Crippen LogP contribution < -0.4 is 10.1 Å². The molecule has 1 fully saturated rings. The molecule has 0 bridgehead atoms. The third kappa shape index (κ3) is 5.00. The van der Waals surface area contributed by atoms with Crippen molar-refractivity contribution in [3.05, 3.63) is 99.7 Å². The SMILES string of the molecule is COc1cc(C(Nc2ccnc3cc(Cl)ccc23)c2ccc(Cl)cc2)ccc1CN1CCCC1. The number of ether oxygens (including phenoxy) is 1. The number of likely N-dealkylation sites (tertiary alicyclic amines) is 1. The molecule has 6 heteroatoms. The number of benzene rings is 3. The summed E-state index contributed by atoms with van der Waals surface area (Å²) in [4.78, 5) is 6.98. The van der Waals surface area contributed by atoms with Crippen molar-refractivity contribution in [2.24, 2.45) is 0 Å². The van der Waals surface area contributed by atoms with Gasteiger partial charge in [-0.1, -0.05) is 47.5 Å². The number of nitrogens with one attached hydrogen (secondary N) is 1. The molecule has 0 saturated carbocycles. The van der Waals surface area contributed by atoms with Gasteiger partial charge < -0.3 is 10.1 Å². The fourth-order valence-corrected chi connectivity index (χ4v) is 4.96. The van der Waals surface area contributed by atoms with Crippen LogP contribution in [0.1, 0.15) is 35.6 Å². The number of hydrogen-bond acceptors (Lipinski definition) is 4. The molecule has 1 aliphatic heterocycles. The summed E-state index contributed by atoms with van der Waals surface area (Å²) in [6, 6.07) is 22.2. The number of hydrogen-bond donors (Lipinski definition) is 1. The maximum atomic E-state index is 6.20. The Balaban J connectivity index is 1.54. The number of pyridine rings is 1. The fourth-order valence-electron chi connectivity index (χ4n) is 4.67. The van der Waals surface area contributed by atoms with Crippen LogP contribution in [0, 0.1) is 0 Å². The van der Waals surface area contributed by atoms with E-state index < -0.39 is 0 Å². The van der Waals surface area contributed by atoms with Gasteiger partial charge in [0.2, 0.25) is 0 Å². The molecule has 34 heavy (non-hydrogen) atoms. The first kappa shape index (κ1) is 23.0. The van der Waals surface area contributed by atoms with E-state index in [0.29, 0.717) is 10.0 Å². The number of anilines is 1. The van der Waals surface area contributed by atoms with E-state index in [1.165, 1.54) is 18.4 Å². The van der Waals surface area contributed by atoms with E-state index in [9.17, 15) is 0 Å². The third-order valence-corrected chi connectivity index (χ3v) is 6.93. The number of halogens is 2. The van der Waals surface area contributed by atoms with Crippen molar-refractivity contribution in [3.8, 4) is 5.75 Å². The van der Waals surface area contributed by atoms with Crippen LogP contribution in [0.5, 0.6) is 5.75 Å². The van der Waals surface area contributed by atoms with Gasteiger partial charge in [0.15, 0.2) is 0 Å². The Morgan fingerprint density at radius 2 is 1.65 bits per heavy atom. The second-order valence-corrected chi connectivity index (χ2v) is 9.58. The molecule has 1 aliphatic rings. The highest BCUT2D eigenvalue weighted by atomic mass is 35.5. The zero-order valence-electron chi connectivity index (χ0n) is 19.1. The summed E-state index contributed by atoms with van der Waals surface area (Å²) in [5.41, 5.74) is 5.28. The van der Waals surface area contributed by atoms with Crippen LogP contribution in [0.4, 0.5) is 5.69 Å². The monoisotopic (exact) mass is 491 g/mol. The Hall–Kier alpha value is -2.79. The van der Waals surface area contributed by atoms with E-state index in [-0.39, 0.29) is 6.04 Å². The van der Waals surface area contributed by atoms with Crippen molar-refractivity contribution in [1.29, 1.82) is 0 Å². The van der Waals surface area contributed by atoms with Crippen LogP contribution in [-0.4, -0.2) is 30.1 Å². The molecule has 0 aliphatic carbocycles. The largest absolute Gasteiger partial charge is 0.496 e. The summed E-state index contributed by atoms with van der Waals surface area (Å²) < 4.78 is 5.83. The Morgan fingerprint density at radius 3 is 2.41 bits per heavy atom. The summed E-state index contributed by atoms with van der Waals surface area (Å²) in [6.07, 6.45) is 4.35. The Kier molecular flexibility index (Phi) is 6.91. The lowest BCUT2D eigenvalue weighted by molar-refractivity contribution is 0.321. The average Bonchev–Trinajstić information content (AvgIpc) is 3.36. The third-order valence-electron chi connectivity index (χ3n) is 6.45. The minimum absolute atomic E-state index is 0.103. The highest BCUT2D eigenvalue weighted by molar-refractivity contribution is 6.31. The van der Waals surface area contributed by atoms with E-state index in [4.69, 9.17) is 27.9 Å². The predicted molar refractivity (Wildman–Crippen MR) is 141 cm³/mol. The zero-order chi connectivity index (χ0) is 23.5. The molecule has 1 saturated heterocycles. The average molecular weight is 492 g/mol. The van der Waals surface area contributed by atoms with Gasteiger partial charge in [0.1, 0.15) is 5.75 Å². The van der Waals surface area contributed by atoms with Crippen molar-refractivity contribution in [1.82, 2.24) is 9.88 Å². The van der Waals surface area contributed by atoms with Gasteiger partial charge in [-0.05, 0) is 79.5 Å². The van der Waals surface area contributed by atoms with Crippen molar-refractivity contribution in [3.63, 3.8) is 0 Å². The van der Waals surface area contributed by atoms with Gasteiger partial charge in [-0.3, -0.25) is 9.88 Å². The second-order valence-electron chi connectivity index (χ2n) is 8.70. The van der Waals surface area contributed by atoms with Crippen LogP contribution >= 0.6 is 23.2 Å². The summed E-state index contributed by atoms with van der Waals surface area (Å²) in [7, 11) is 1.75. The molecule has 1 atom stereocenters. The van der Waals surface area contributed by atoms with Crippen molar-refractivity contribution < 1.29 is 4.74 Å². The first-order chi connectivity index (χ1) is 16.6. The van der Waals surface area contributed by atoms with Crippen LogP contribution in [0.15, 0.2) is 72.9 Å². The fraction of sp³-hybridized carbons (Fsp3) is 0.250. The summed E-state index contributed by atoms with van der Waals surface area (Å²) in [6.45, 7) is 3.22. The molecule has 174 valence electrons. The van der Waals surface area contributed by atoms with Crippen LogP contribution in [0.25, 0.3) is 10.9 Å². The van der Waals surface area contributed by atoms with Crippen LogP contribution in [0.3, 0.4) is 0 Å². The lowest BCUT2D eigenvalue weighted by atomic mass is 9.96. The van der Waals surface area contributed by atoms with Crippen molar-refractivity contribution >= 4 is 39.8 Å². The van der Waals surface area contributed by atoms with Gasteiger partial charge in [-0.25, -0.2) is 0 Å². The van der Waals surface area contributed by atoms with E-state index in [1.807, 2.05) is 36.4 Å². The Morgan fingerprint density at radius 1 is 0.912 bits per heavy atom. The number of fused-ring (bicyclic) bond motifs is 1. The molecule has 1 unspecified atom stereocenters. The van der Waals surface area contributed by atoms with Crippen LogP contribution in [0.2, 0.25) is 10.0 Å². The molecule has 5 rings (SSSR count). The predicted octanol–water partition coefficient (Wildman–Crippen LogP) is 7.35. The number of rotatable bonds is 7. The molecule has 3 aromatic carbocycles. The van der Waals surface area contributed by atoms with Gasteiger partial charge in [0.25, 0.3) is 0 Å². The van der Waals surface area contributed by atoms with E-state index in [0.717, 1.165) is 53.1 Å². The first-order valence-electron chi connectivity index (χ1n) is 11.6. The number of methoxy groups -OCH3 is 1. The zero-order valence-corrected chi connectivity index (χ0v) is 20.6. The highest BCUT2D eigenvalue weighted by Gasteiger charge is 2.19. The molecule has 0 spiro atoms. The first-order valence-corrected chi connectivity index (χ1v) is 12.3.